The summed E-state index contributed by atoms with van der Waals surface area (Å²) in [4.78, 5) is 54.5. The van der Waals surface area contributed by atoms with Crippen LogP contribution in [-0.4, -0.2) is 134 Å². The molecular weight excluding hydrogens is 937 g/mol. The molecule has 2 N–H and O–H groups in total. The quantitative estimate of drug-likeness (QED) is 0.215. The first kappa shape index (κ1) is 53.3. The van der Waals surface area contributed by atoms with Gasteiger partial charge in [0.15, 0.2) is 11.6 Å². The Balaban J connectivity index is 0.000000206. The number of hydrogen-bond acceptors (Lipinski definition) is 14. The van der Waals surface area contributed by atoms with Crippen LogP contribution in [0.25, 0.3) is 0 Å². The van der Waals surface area contributed by atoms with Crippen LogP contribution in [0.3, 0.4) is 0 Å². The van der Waals surface area contributed by atoms with E-state index in [0.717, 1.165) is 86.8 Å². The first-order valence-electron chi connectivity index (χ1n) is 24.8. The number of cyclic esters (lactones) is 2. The molecule has 2 aromatic rings. The lowest BCUT2D eigenvalue weighted by atomic mass is 9.89. The molecule has 384 valence electrons. The van der Waals surface area contributed by atoms with E-state index >= 15 is 0 Å². The van der Waals surface area contributed by atoms with Gasteiger partial charge in [-0.3, -0.25) is 9.59 Å². The Morgan fingerprint density at radius 2 is 0.957 bits per heavy atom. The number of alkyl carbamates (subject to hydrolysis) is 2. The highest BCUT2D eigenvalue weighted by molar-refractivity contribution is 8.14. The number of hydrogen-bond donors (Lipinski definition) is 2. The van der Waals surface area contributed by atoms with E-state index in [1.165, 1.54) is 23.5 Å². The lowest BCUT2D eigenvalue weighted by Gasteiger charge is -2.48. The maximum Gasteiger partial charge on any atom is 0.407 e. The van der Waals surface area contributed by atoms with Crippen molar-refractivity contribution in [2.75, 3.05) is 53.2 Å². The third kappa shape index (κ3) is 14.4. The van der Waals surface area contributed by atoms with Crippen molar-refractivity contribution in [1.82, 2.24) is 20.4 Å². The zero-order valence-electron chi connectivity index (χ0n) is 41.1. The predicted molar refractivity (Wildman–Crippen MR) is 269 cm³/mol. The number of allylic oxidation sites excluding steroid dienone is 4. The third-order valence-corrected chi connectivity index (χ3v) is 15.8. The van der Waals surface area contributed by atoms with E-state index < -0.39 is 23.8 Å². The molecule has 16 nitrogen and oxygen atoms in total. The van der Waals surface area contributed by atoms with E-state index in [-0.39, 0.29) is 46.9 Å². The topological polar surface area (TPSA) is 173 Å². The van der Waals surface area contributed by atoms with Crippen LogP contribution in [-0.2, 0) is 41.5 Å². The summed E-state index contributed by atoms with van der Waals surface area (Å²) >= 11 is 2.57. The second kappa shape index (κ2) is 26.3. The van der Waals surface area contributed by atoms with Crippen molar-refractivity contribution in [2.45, 2.75) is 151 Å². The number of carbonyl (C=O) groups is 4. The van der Waals surface area contributed by atoms with Gasteiger partial charge in [0.05, 0.1) is 51.7 Å². The number of methoxy groups -OCH3 is 4. The van der Waals surface area contributed by atoms with Gasteiger partial charge in [0.2, 0.25) is 0 Å². The first-order valence-corrected chi connectivity index (χ1v) is 26.8. The molecule has 0 aromatic heterocycles. The maximum absolute atomic E-state index is 12.9. The van der Waals surface area contributed by atoms with E-state index in [1.807, 2.05) is 58.3 Å². The van der Waals surface area contributed by atoms with Crippen LogP contribution in [0.5, 0.6) is 11.5 Å². The number of thioether (sulfide) groups is 2. The van der Waals surface area contributed by atoms with Crippen molar-refractivity contribution in [1.29, 1.82) is 0 Å². The molecule has 4 fully saturated rings. The van der Waals surface area contributed by atoms with Gasteiger partial charge in [-0.2, -0.15) is 0 Å². The molecule has 8 atom stereocenters. The molecule has 4 bridgehead atoms. The summed E-state index contributed by atoms with van der Waals surface area (Å²) in [6.45, 7) is 1.68. The molecule has 0 spiro atoms. The van der Waals surface area contributed by atoms with Crippen molar-refractivity contribution >= 4 is 46.2 Å². The van der Waals surface area contributed by atoms with Gasteiger partial charge in [0.1, 0.15) is 11.5 Å². The summed E-state index contributed by atoms with van der Waals surface area (Å²) in [5.74, 6) is 0.646. The number of benzene rings is 2. The second-order valence-electron chi connectivity index (χ2n) is 18.6. The monoisotopic (exact) mass is 1010 g/mol. The molecule has 8 rings (SSSR count). The Kier molecular flexibility index (Phi) is 20.0. The molecule has 18 heteroatoms. The van der Waals surface area contributed by atoms with Gasteiger partial charge in [-0.25, -0.2) is 9.59 Å². The van der Waals surface area contributed by atoms with E-state index in [1.54, 1.807) is 28.4 Å². The van der Waals surface area contributed by atoms with Crippen molar-refractivity contribution in [3.05, 3.63) is 84.0 Å². The lowest BCUT2D eigenvalue weighted by Crippen LogP contribution is -2.62. The standard InChI is InChI=1S/2C26H36N2O6S/c2*1-31-21-12-10-19(11-13-21)17-28-23(18-35-25(28)30)26(32-2)16-20-15-22(34-26)9-7-5-3-4-6-8-14-33-24(29)27-20/h2*3-4,10-13,20,22-23H,5-9,14-18H2,1-2H3,(H,27,29)/b4-3+;4-3-/t2*20-,22-,23+,26-/m11/s1. The van der Waals surface area contributed by atoms with E-state index in [9.17, 15) is 19.2 Å². The molecule has 0 saturated carbocycles. The highest BCUT2D eigenvalue weighted by atomic mass is 32.2. The van der Waals surface area contributed by atoms with Crippen molar-refractivity contribution in [2.24, 2.45) is 0 Å². The maximum atomic E-state index is 12.9. The van der Waals surface area contributed by atoms with Crippen molar-refractivity contribution < 1.29 is 57.1 Å². The average Bonchev–Trinajstić information content (AvgIpc) is 3.93. The fraction of sp³-hybridized carbons (Fsp3) is 0.615. The van der Waals surface area contributed by atoms with E-state index in [4.69, 9.17) is 37.9 Å². The Hall–Kier alpha value is -4.46. The smallest absolute Gasteiger partial charge is 0.407 e. The molecular formula is C52H72N4O12S2. The lowest BCUT2D eigenvalue weighted by molar-refractivity contribution is -0.294. The van der Waals surface area contributed by atoms with Crippen LogP contribution in [0, 0.1) is 0 Å². The van der Waals surface area contributed by atoms with E-state index in [2.05, 4.69) is 34.9 Å². The summed E-state index contributed by atoms with van der Waals surface area (Å²) in [6.07, 6.45) is 19.1. The van der Waals surface area contributed by atoms with Gasteiger partial charge in [-0.05, 0) is 112 Å². The fourth-order valence-electron chi connectivity index (χ4n) is 10.2. The first-order chi connectivity index (χ1) is 34.1. The van der Waals surface area contributed by atoms with Gasteiger partial charge in [-0.1, -0.05) is 72.1 Å². The number of amides is 4. The number of ether oxygens (including phenoxy) is 8. The zero-order valence-corrected chi connectivity index (χ0v) is 42.8. The largest absolute Gasteiger partial charge is 0.497 e. The van der Waals surface area contributed by atoms with Crippen LogP contribution in [0.1, 0.15) is 101 Å². The Bertz CT molecular complexity index is 1930. The highest BCUT2D eigenvalue weighted by Gasteiger charge is 2.55. The summed E-state index contributed by atoms with van der Waals surface area (Å²) < 4.78 is 46.8. The molecule has 6 aliphatic rings. The minimum atomic E-state index is -1.01. The van der Waals surface area contributed by atoms with Crippen LogP contribution in [0.15, 0.2) is 72.8 Å². The molecule has 2 aromatic carbocycles. The summed E-state index contributed by atoms with van der Waals surface area (Å²) in [5, 5.41) is 6.09. The number of rotatable bonds is 10. The Morgan fingerprint density at radius 1 is 0.571 bits per heavy atom. The number of nitrogens with one attached hydrogen (secondary N) is 2. The summed E-state index contributed by atoms with van der Waals surface area (Å²) in [5.41, 5.74) is 2.01. The normalized spacial score (nSPS) is 31.3. The molecule has 6 heterocycles. The second-order valence-corrected chi connectivity index (χ2v) is 20.5. The Morgan fingerprint density at radius 3 is 1.33 bits per heavy atom. The molecule has 0 aliphatic carbocycles. The zero-order chi connectivity index (χ0) is 49.4. The number of nitrogens with zero attached hydrogens (tertiary/aromatic N) is 2. The van der Waals surface area contributed by atoms with Gasteiger partial charge in [0, 0.05) is 63.7 Å². The fourth-order valence-corrected chi connectivity index (χ4v) is 12.3. The van der Waals surface area contributed by atoms with Crippen LogP contribution >= 0.6 is 23.5 Å². The molecule has 70 heavy (non-hydrogen) atoms. The van der Waals surface area contributed by atoms with Crippen LogP contribution < -0.4 is 20.1 Å². The van der Waals surface area contributed by atoms with Crippen LogP contribution in [0.4, 0.5) is 19.2 Å². The van der Waals surface area contributed by atoms with Gasteiger partial charge >= 0.3 is 12.2 Å². The van der Waals surface area contributed by atoms with Crippen molar-refractivity contribution in [3.8, 4) is 11.5 Å². The van der Waals surface area contributed by atoms with E-state index in [0.29, 0.717) is 63.5 Å². The summed E-state index contributed by atoms with van der Waals surface area (Å²) in [7, 11) is 6.54. The molecule has 4 amide bonds. The molecule has 4 saturated heterocycles. The van der Waals surface area contributed by atoms with Gasteiger partial charge in [-0.15, -0.1) is 0 Å². The Labute approximate surface area is 421 Å². The summed E-state index contributed by atoms with van der Waals surface area (Å²) in [6, 6.07) is 14.6. The molecule has 0 radical (unpaired) electrons. The SMILES string of the molecule is COc1ccc(CN2C(=O)SC[C@H]2[C@@]2(OC)C[C@H]3C[C@@H](CCC/C=C/CCCOC(=O)N3)O2)cc1.COc1ccc(CN2C(=O)SC[C@H]2[C@@]2(OC)C[C@H]3C[C@@H](CCC/C=C\CCCOC(=O)N3)O2)cc1. The molecule has 0 unspecified atom stereocenters. The minimum Gasteiger partial charge on any atom is -0.497 e. The average molecular weight is 1010 g/mol. The predicted octanol–water partition coefficient (Wildman–Crippen LogP) is 9.74. The van der Waals surface area contributed by atoms with Gasteiger partial charge < -0.3 is 58.3 Å². The minimum absolute atomic E-state index is 0.00386. The van der Waals surface area contributed by atoms with Crippen molar-refractivity contribution in [3.63, 3.8) is 0 Å². The van der Waals surface area contributed by atoms with Crippen LogP contribution in [0.2, 0.25) is 0 Å². The number of carbonyl (C=O) groups excluding carboxylic acids is 4. The van der Waals surface area contributed by atoms with Gasteiger partial charge in [0.25, 0.3) is 10.5 Å². The third-order valence-electron chi connectivity index (χ3n) is 13.8. The number of fused-ring (bicyclic) bond motifs is 4. The highest BCUT2D eigenvalue weighted by Crippen LogP contribution is 2.44. The molecule has 6 aliphatic heterocycles.